The van der Waals surface area contributed by atoms with Crippen molar-refractivity contribution in [3.8, 4) is 0 Å². The summed E-state index contributed by atoms with van der Waals surface area (Å²) in [5, 5.41) is 19.4. The normalized spacial score (nSPS) is 28.8. The van der Waals surface area contributed by atoms with E-state index in [9.17, 15) is 14.9 Å². The van der Waals surface area contributed by atoms with Gasteiger partial charge in [0.15, 0.2) is 0 Å². The fraction of sp³-hybridized carbons (Fsp3) is 0.611. The van der Waals surface area contributed by atoms with Crippen LogP contribution in [0.1, 0.15) is 50.6 Å². The molecule has 2 saturated carbocycles. The number of carbonyl (C=O) groups is 1. The minimum absolute atomic E-state index is 0.0326. The SMILES string of the molecule is C[C@H](N)c1ccccc1.O=C(O)CC1(C[N+](=O)[O-])CC2CCCC21. The Labute approximate surface area is 142 Å². The van der Waals surface area contributed by atoms with E-state index in [0.717, 1.165) is 25.7 Å². The first-order valence-electron chi connectivity index (χ1n) is 8.48. The summed E-state index contributed by atoms with van der Waals surface area (Å²) in [6, 6.07) is 10.2. The number of nitrogens with zero attached hydrogens (tertiary/aromatic N) is 1. The molecule has 132 valence electrons. The van der Waals surface area contributed by atoms with Gasteiger partial charge in [0.1, 0.15) is 0 Å². The zero-order valence-corrected chi connectivity index (χ0v) is 14.1. The van der Waals surface area contributed by atoms with Crippen LogP contribution < -0.4 is 5.73 Å². The highest BCUT2D eigenvalue weighted by atomic mass is 16.6. The van der Waals surface area contributed by atoms with Gasteiger partial charge < -0.3 is 10.8 Å². The Morgan fingerprint density at radius 2 is 2.08 bits per heavy atom. The molecule has 2 fully saturated rings. The lowest BCUT2D eigenvalue weighted by Crippen LogP contribution is -2.50. The van der Waals surface area contributed by atoms with E-state index in [-0.39, 0.29) is 23.9 Å². The maximum atomic E-state index is 10.8. The second-order valence-corrected chi connectivity index (χ2v) is 7.12. The number of benzene rings is 1. The van der Waals surface area contributed by atoms with Crippen LogP contribution >= 0.6 is 0 Å². The van der Waals surface area contributed by atoms with Gasteiger partial charge in [0.2, 0.25) is 6.54 Å². The molecule has 3 N–H and O–H groups in total. The Kier molecular flexibility index (Phi) is 5.94. The Bertz CT molecular complexity index is 558. The zero-order chi connectivity index (χ0) is 17.7. The van der Waals surface area contributed by atoms with Gasteiger partial charge >= 0.3 is 5.97 Å². The van der Waals surface area contributed by atoms with Gasteiger partial charge in [-0.05, 0) is 37.2 Å². The number of aliphatic carboxylic acids is 1. The van der Waals surface area contributed by atoms with Crippen molar-refractivity contribution in [1.82, 2.24) is 0 Å². The van der Waals surface area contributed by atoms with Crippen molar-refractivity contribution in [3.05, 3.63) is 46.0 Å². The number of nitro groups is 1. The van der Waals surface area contributed by atoms with Crippen LogP contribution in [-0.2, 0) is 4.79 Å². The number of fused-ring (bicyclic) bond motifs is 1. The number of hydrogen-bond acceptors (Lipinski definition) is 4. The quantitative estimate of drug-likeness (QED) is 0.635. The Balaban J connectivity index is 0.000000198. The summed E-state index contributed by atoms with van der Waals surface area (Å²) in [4.78, 5) is 21.0. The third-order valence-electron chi connectivity index (χ3n) is 5.39. The van der Waals surface area contributed by atoms with Gasteiger partial charge in [-0.15, -0.1) is 0 Å². The summed E-state index contributed by atoms with van der Waals surface area (Å²) in [6.45, 7) is 1.82. The molecular formula is C18H26N2O4. The van der Waals surface area contributed by atoms with Crippen molar-refractivity contribution in [2.75, 3.05) is 6.54 Å². The fourth-order valence-electron chi connectivity index (χ4n) is 4.36. The molecule has 0 aliphatic heterocycles. The molecule has 6 heteroatoms. The zero-order valence-electron chi connectivity index (χ0n) is 14.1. The Morgan fingerprint density at radius 1 is 1.42 bits per heavy atom. The number of carboxylic acids is 1. The van der Waals surface area contributed by atoms with E-state index in [4.69, 9.17) is 10.8 Å². The lowest BCUT2D eigenvalue weighted by molar-refractivity contribution is -0.506. The van der Waals surface area contributed by atoms with E-state index in [1.165, 1.54) is 5.56 Å². The molecule has 24 heavy (non-hydrogen) atoms. The molecule has 0 heterocycles. The van der Waals surface area contributed by atoms with Crippen LogP contribution in [-0.4, -0.2) is 22.5 Å². The van der Waals surface area contributed by atoms with Crippen LogP contribution in [0.5, 0.6) is 0 Å². The molecule has 1 aromatic rings. The summed E-state index contributed by atoms with van der Waals surface area (Å²) in [5.74, 6) is -0.0505. The number of carboxylic acid groups (broad SMARTS) is 1. The first-order chi connectivity index (χ1) is 11.3. The monoisotopic (exact) mass is 334 g/mol. The standard InChI is InChI=1S/C10H15NO4.C8H11N/c12-9(13)5-10(6-11(14)15)4-7-2-1-3-8(7)10;1-7(9)8-5-3-2-4-6-8/h7-8H,1-6H2,(H,12,13);2-7H,9H2,1H3/t;7-/m.0/s1. The van der Waals surface area contributed by atoms with Crippen LogP contribution in [0.3, 0.4) is 0 Å². The fourth-order valence-corrected chi connectivity index (χ4v) is 4.36. The summed E-state index contributed by atoms with van der Waals surface area (Å²) in [6.07, 6.45) is 3.92. The molecule has 3 rings (SSSR count). The van der Waals surface area contributed by atoms with E-state index in [1.54, 1.807) is 0 Å². The van der Waals surface area contributed by atoms with Crippen molar-refractivity contribution < 1.29 is 14.8 Å². The topological polar surface area (TPSA) is 106 Å². The molecule has 1 aromatic carbocycles. The van der Waals surface area contributed by atoms with Crippen molar-refractivity contribution in [3.63, 3.8) is 0 Å². The van der Waals surface area contributed by atoms with Crippen molar-refractivity contribution in [2.45, 2.75) is 45.1 Å². The molecule has 3 unspecified atom stereocenters. The molecule has 0 radical (unpaired) electrons. The molecule has 4 atom stereocenters. The number of hydrogen-bond donors (Lipinski definition) is 2. The van der Waals surface area contributed by atoms with Crippen LogP contribution in [0.15, 0.2) is 30.3 Å². The molecule has 0 aromatic heterocycles. The summed E-state index contributed by atoms with van der Waals surface area (Å²) in [7, 11) is 0. The van der Waals surface area contributed by atoms with Crippen LogP contribution in [0.4, 0.5) is 0 Å². The van der Waals surface area contributed by atoms with E-state index in [1.807, 2.05) is 37.3 Å². The third kappa shape index (κ3) is 4.32. The molecule has 0 bridgehead atoms. The summed E-state index contributed by atoms with van der Waals surface area (Å²) in [5.41, 5.74) is 6.27. The first-order valence-corrected chi connectivity index (χ1v) is 8.48. The third-order valence-corrected chi connectivity index (χ3v) is 5.39. The highest BCUT2D eigenvalue weighted by molar-refractivity contribution is 5.68. The Morgan fingerprint density at radius 3 is 2.54 bits per heavy atom. The van der Waals surface area contributed by atoms with E-state index in [2.05, 4.69) is 0 Å². The van der Waals surface area contributed by atoms with Crippen LogP contribution in [0, 0.1) is 27.4 Å². The highest BCUT2D eigenvalue weighted by Gasteiger charge is 2.58. The second kappa shape index (κ2) is 7.75. The smallest absolute Gasteiger partial charge is 0.304 e. The molecule has 6 nitrogen and oxygen atoms in total. The molecule has 0 spiro atoms. The average Bonchev–Trinajstić information content (AvgIpc) is 2.90. The summed E-state index contributed by atoms with van der Waals surface area (Å²) < 4.78 is 0. The minimum atomic E-state index is -0.901. The van der Waals surface area contributed by atoms with Crippen LogP contribution in [0.25, 0.3) is 0 Å². The van der Waals surface area contributed by atoms with Gasteiger partial charge in [-0.1, -0.05) is 43.2 Å². The predicted molar refractivity (Wildman–Crippen MR) is 91.0 cm³/mol. The second-order valence-electron chi connectivity index (χ2n) is 7.12. The molecule has 0 amide bonds. The Hall–Kier alpha value is -1.95. The van der Waals surface area contributed by atoms with E-state index >= 15 is 0 Å². The molecule has 2 aliphatic rings. The van der Waals surface area contributed by atoms with Crippen LogP contribution in [0.2, 0.25) is 0 Å². The van der Waals surface area contributed by atoms with E-state index in [0.29, 0.717) is 11.8 Å². The molecule has 0 saturated heterocycles. The van der Waals surface area contributed by atoms with Crippen molar-refractivity contribution in [2.24, 2.45) is 23.0 Å². The highest BCUT2D eigenvalue weighted by Crippen LogP contribution is 2.60. The van der Waals surface area contributed by atoms with Gasteiger partial charge in [-0.2, -0.15) is 0 Å². The number of nitrogens with two attached hydrogens (primary N) is 1. The number of rotatable bonds is 5. The minimum Gasteiger partial charge on any atom is -0.481 e. The lowest BCUT2D eigenvalue weighted by Gasteiger charge is -2.49. The maximum Gasteiger partial charge on any atom is 0.304 e. The lowest BCUT2D eigenvalue weighted by atomic mass is 9.53. The predicted octanol–water partition coefficient (Wildman–Crippen LogP) is 3.25. The van der Waals surface area contributed by atoms with Gasteiger partial charge in [-0.25, -0.2) is 0 Å². The molecular weight excluding hydrogens is 308 g/mol. The summed E-state index contributed by atoms with van der Waals surface area (Å²) >= 11 is 0. The van der Waals surface area contributed by atoms with E-state index < -0.39 is 11.4 Å². The van der Waals surface area contributed by atoms with Gasteiger partial charge in [0.25, 0.3) is 0 Å². The largest absolute Gasteiger partial charge is 0.481 e. The van der Waals surface area contributed by atoms with Crippen molar-refractivity contribution in [1.29, 1.82) is 0 Å². The van der Waals surface area contributed by atoms with Crippen molar-refractivity contribution >= 4 is 5.97 Å². The van der Waals surface area contributed by atoms with Gasteiger partial charge in [0.05, 0.1) is 6.42 Å². The first kappa shape index (κ1) is 18.4. The average molecular weight is 334 g/mol. The van der Waals surface area contributed by atoms with Gasteiger partial charge in [0, 0.05) is 16.4 Å². The molecule has 2 aliphatic carbocycles. The maximum absolute atomic E-state index is 10.8. The van der Waals surface area contributed by atoms with Gasteiger partial charge in [-0.3, -0.25) is 14.9 Å².